The van der Waals surface area contributed by atoms with Crippen molar-refractivity contribution in [1.29, 1.82) is 0 Å². The SMILES string of the molecule is CC.CC(C)CC(NC(=O)C1CCCCC1)C(=O)C(=O)N/N=C1\SCCN1C. The lowest BCUT2D eigenvalue weighted by molar-refractivity contribution is -0.140. The minimum Gasteiger partial charge on any atom is -0.352 e. The Bertz CT molecular complexity index is 560. The second-order valence-corrected chi connectivity index (χ2v) is 8.56. The highest BCUT2D eigenvalue weighted by atomic mass is 32.2. The van der Waals surface area contributed by atoms with Crippen LogP contribution in [0, 0.1) is 11.8 Å². The van der Waals surface area contributed by atoms with Gasteiger partial charge in [-0.3, -0.25) is 14.4 Å². The van der Waals surface area contributed by atoms with Crippen molar-refractivity contribution < 1.29 is 14.4 Å². The van der Waals surface area contributed by atoms with Crippen LogP contribution in [-0.4, -0.2) is 53.1 Å². The number of hydrogen-bond donors (Lipinski definition) is 2. The second kappa shape index (κ2) is 12.8. The molecule has 8 heteroatoms. The number of hydrogen-bond acceptors (Lipinski definition) is 5. The van der Waals surface area contributed by atoms with Gasteiger partial charge in [-0.05, 0) is 25.2 Å². The van der Waals surface area contributed by atoms with Crippen LogP contribution in [0.5, 0.6) is 0 Å². The molecule has 1 unspecified atom stereocenters. The first-order chi connectivity index (χ1) is 13.4. The lowest BCUT2D eigenvalue weighted by atomic mass is 9.88. The lowest BCUT2D eigenvalue weighted by Gasteiger charge is -2.24. The highest BCUT2D eigenvalue weighted by Crippen LogP contribution is 2.24. The average molecular weight is 413 g/mol. The van der Waals surface area contributed by atoms with E-state index >= 15 is 0 Å². The number of Topliss-reactive ketones (excluding diaryl/α,β-unsaturated/α-hetero) is 1. The van der Waals surface area contributed by atoms with E-state index in [1.165, 1.54) is 11.8 Å². The molecule has 1 heterocycles. The van der Waals surface area contributed by atoms with Gasteiger partial charge < -0.3 is 10.2 Å². The van der Waals surface area contributed by atoms with E-state index in [2.05, 4.69) is 15.8 Å². The summed E-state index contributed by atoms with van der Waals surface area (Å²) in [5, 5.41) is 7.54. The number of amides is 2. The molecule has 0 radical (unpaired) electrons. The van der Waals surface area contributed by atoms with Crippen molar-refractivity contribution in [3.05, 3.63) is 0 Å². The van der Waals surface area contributed by atoms with Crippen molar-refractivity contribution in [3.63, 3.8) is 0 Å². The normalized spacial score (nSPS) is 19.8. The van der Waals surface area contributed by atoms with Crippen LogP contribution in [-0.2, 0) is 14.4 Å². The summed E-state index contributed by atoms with van der Waals surface area (Å²) in [5.74, 6) is -0.448. The zero-order valence-electron chi connectivity index (χ0n) is 17.9. The molecule has 2 rings (SSSR count). The van der Waals surface area contributed by atoms with Crippen LogP contribution in [0.2, 0.25) is 0 Å². The molecule has 0 aromatic carbocycles. The van der Waals surface area contributed by atoms with Crippen LogP contribution in [0.15, 0.2) is 5.10 Å². The van der Waals surface area contributed by atoms with Crippen molar-refractivity contribution in [3.8, 4) is 0 Å². The fourth-order valence-corrected chi connectivity index (χ4v) is 4.24. The van der Waals surface area contributed by atoms with E-state index in [0.717, 1.165) is 44.4 Å². The molecule has 160 valence electrons. The van der Waals surface area contributed by atoms with E-state index in [0.29, 0.717) is 11.6 Å². The maximum Gasteiger partial charge on any atom is 0.309 e. The summed E-state index contributed by atoms with van der Waals surface area (Å²) < 4.78 is 0. The molecule has 7 nitrogen and oxygen atoms in total. The highest BCUT2D eigenvalue weighted by molar-refractivity contribution is 8.14. The molecule has 0 aromatic heterocycles. The fourth-order valence-electron chi connectivity index (χ4n) is 3.27. The standard InChI is InChI=1S/C18H30N4O3S.C2H6/c1-12(2)11-14(19-16(24)13-7-5-4-6-8-13)15(23)17(25)20-21-18-22(3)9-10-26-18;1-2/h12-14H,4-11H2,1-3H3,(H,19,24)(H,20,25);1-2H3/b21-18-;. The van der Waals surface area contributed by atoms with E-state index in [-0.39, 0.29) is 17.7 Å². The third kappa shape index (κ3) is 7.81. The first-order valence-corrected chi connectivity index (χ1v) is 11.4. The predicted molar refractivity (Wildman–Crippen MR) is 115 cm³/mol. The number of amidine groups is 1. The van der Waals surface area contributed by atoms with Crippen molar-refractivity contribution in [2.45, 2.75) is 72.3 Å². The first-order valence-electron chi connectivity index (χ1n) is 10.4. The molecule has 28 heavy (non-hydrogen) atoms. The molecule has 1 saturated carbocycles. The number of ketones is 1. The molecule has 2 aliphatic rings. The van der Waals surface area contributed by atoms with Crippen LogP contribution >= 0.6 is 11.8 Å². The topological polar surface area (TPSA) is 90.9 Å². The third-order valence-electron chi connectivity index (χ3n) is 4.78. The van der Waals surface area contributed by atoms with Gasteiger partial charge >= 0.3 is 5.91 Å². The van der Waals surface area contributed by atoms with Crippen LogP contribution < -0.4 is 10.7 Å². The summed E-state index contributed by atoms with van der Waals surface area (Å²) in [4.78, 5) is 39.2. The van der Waals surface area contributed by atoms with Crippen LogP contribution in [0.25, 0.3) is 0 Å². The Morgan fingerprint density at radius 2 is 1.82 bits per heavy atom. The molecule has 0 bridgehead atoms. The Morgan fingerprint density at radius 1 is 1.18 bits per heavy atom. The van der Waals surface area contributed by atoms with E-state index in [4.69, 9.17) is 0 Å². The predicted octanol–water partition coefficient (Wildman–Crippen LogP) is 2.76. The first kappa shape index (κ1) is 24.5. The number of carbonyl (C=O) groups excluding carboxylic acids is 3. The summed E-state index contributed by atoms with van der Waals surface area (Å²) in [6.07, 6.45) is 5.41. The van der Waals surface area contributed by atoms with E-state index < -0.39 is 17.7 Å². The molecule has 0 spiro atoms. The number of rotatable bonds is 7. The monoisotopic (exact) mass is 412 g/mol. The van der Waals surface area contributed by atoms with Gasteiger partial charge in [-0.2, -0.15) is 0 Å². The molecule has 2 amide bonds. The molecule has 1 atom stereocenters. The zero-order chi connectivity index (χ0) is 21.1. The largest absolute Gasteiger partial charge is 0.352 e. The maximum atomic E-state index is 12.6. The van der Waals surface area contributed by atoms with Gasteiger partial charge in [0.25, 0.3) is 0 Å². The Morgan fingerprint density at radius 3 is 2.36 bits per heavy atom. The van der Waals surface area contributed by atoms with Crippen molar-refractivity contribution >= 4 is 34.5 Å². The van der Waals surface area contributed by atoms with Crippen molar-refractivity contribution in [2.24, 2.45) is 16.9 Å². The number of hydrazone groups is 1. The van der Waals surface area contributed by atoms with Gasteiger partial charge in [-0.25, -0.2) is 5.43 Å². The molecule has 0 aromatic rings. The van der Waals surface area contributed by atoms with Gasteiger partial charge in [0, 0.05) is 25.3 Å². The summed E-state index contributed by atoms with van der Waals surface area (Å²) in [7, 11) is 1.89. The minimum atomic E-state index is -0.793. The molecule has 2 fully saturated rings. The molecular formula is C20H36N4O3S. The third-order valence-corrected chi connectivity index (χ3v) is 5.83. The highest BCUT2D eigenvalue weighted by Gasteiger charge is 2.30. The summed E-state index contributed by atoms with van der Waals surface area (Å²) in [6.45, 7) is 8.80. The molecule has 1 saturated heterocycles. The van der Waals surface area contributed by atoms with Gasteiger partial charge in [-0.15, -0.1) is 5.10 Å². The van der Waals surface area contributed by atoms with Crippen LogP contribution in [0.4, 0.5) is 0 Å². The van der Waals surface area contributed by atoms with Gasteiger partial charge in [0.1, 0.15) is 0 Å². The number of nitrogens with one attached hydrogen (secondary N) is 2. The second-order valence-electron chi connectivity index (χ2n) is 7.50. The van der Waals surface area contributed by atoms with E-state index in [1.54, 1.807) is 0 Å². The van der Waals surface area contributed by atoms with Gasteiger partial charge in [0.2, 0.25) is 11.7 Å². The maximum absolute atomic E-state index is 12.6. The smallest absolute Gasteiger partial charge is 0.309 e. The van der Waals surface area contributed by atoms with E-state index in [9.17, 15) is 14.4 Å². The van der Waals surface area contributed by atoms with Crippen LogP contribution in [0.3, 0.4) is 0 Å². The fraction of sp³-hybridized carbons (Fsp3) is 0.800. The Hall–Kier alpha value is -1.57. The molecule has 1 aliphatic carbocycles. The van der Waals surface area contributed by atoms with Crippen molar-refractivity contribution in [1.82, 2.24) is 15.6 Å². The average Bonchev–Trinajstić information content (AvgIpc) is 3.11. The minimum absolute atomic E-state index is 0.0435. The zero-order valence-corrected chi connectivity index (χ0v) is 18.7. The number of thioether (sulfide) groups is 1. The Balaban J connectivity index is 0.00000190. The summed E-state index contributed by atoms with van der Waals surface area (Å²) in [5.41, 5.74) is 2.35. The summed E-state index contributed by atoms with van der Waals surface area (Å²) >= 11 is 1.53. The summed E-state index contributed by atoms with van der Waals surface area (Å²) in [6, 6.07) is -0.793. The van der Waals surface area contributed by atoms with Crippen LogP contribution in [0.1, 0.15) is 66.2 Å². The molecular weight excluding hydrogens is 376 g/mol. The van der Waals surface area contributed by atoms with Gasteiger partial charge in [0.05, 0.1) is 6.04 Å². The lowest BCUT2D eigenvalue weighted by Crippen LogP contribution is -2.49. The van der Waals surface area contributed by atoms with Gasteiger partial charge in [0.15, 0.2) is 5.17 Å². The van der Waals surface area contributed by atoms with Crippen molar-refractivity contribution in [2.75, 3.05) is 19.3 Å². The Labute approximate surface area is 173 Å². The Kier molecular flexibility index (Phi) is 11.2. The van der Waals surface area contributed by atoms with Gasteiger partial charge in [-0.1, -0.05) is 58.7 Å². The van der Waals surface area contributed by atoms with E-state index in [1.807, 2.05) is 39.6 Å². The molecule has 2 N–H and O–H groups in total. The quantitative estimate of drug-likeness (QED) is 0.496. The number of nitrogens with zero attached hydrogens (tertiary/aromatic N) is 2. The molecule has 1 aliphatic heterocycles. The number of carbonyl (C=O) groups is 3.